The largest absolute Gasteiger partial charge is 0.449 e. The highest BCUT2D eigenvalue weighted by molar-refractivity contribution is 5.66. The van der Waals surface area contributed by atoms with Gasteiger partial charge in [0.2, 0.25) is 0 Å². The van der Waals surface area contributed by atoms with E-state index in [1.807, 2.05) is 5.43 Å². The van der Waals surface area contributed by atoms with Crippen molar-refractivity contribution >= 4 is 6.09 Å². The van der Waals surface area contributed by atoms with Gasteiger partial charge in [-0.25, -0.2) is 10.6 Å². The van der Waals surface area contributed by atoms with Crippen LogP contribution in [0, 0.1) is 0 Å². The fourth-order valence-corrected chi connectivity index (χ4v) is 2.68. The highest BCUT2D eigenvalue weighted by atomic mass is 16.5. The van der Waals surface area contributed by atoms with Gasteiger partial charge in [0, 0.05) is 0 Å². The van der Waals surface area contributed by atoms with Gasteiger partial charge in [0.05, 0.1) is 6.61 Å². The molecule has 0 fully saturated rings. The second kappa shape index (κ2) is 18.3. The van der Waals surface area contributed by atoms with E-state index >= 15 is 0 Å². The molecular formula is C18H38N2O2. The van der Waals surface area contributed by atoms with Crippen LogP contribution in [-0.4, -0.2) is 12.7 Å². The summed E-state index contributed by atoms with van der Waals surface area (Å²) >= 11 is 0. The summed E-state index contributed by atoms with van der Waals surface area (Å²) in [6, 6.07) is 0. The standard InChI is InChI=1S/C18H38N2O2/c1-2-3-4-5-6-7-8-9-10-11-12-13-14-15-16-17-22-18(21)20-19/h2-17,19H2,1H3,(H,20,21). The van der Waals surface area contributed by atoms with Crippen LogP contribution in [0.3, 0.4) is 0 Å². The van der Waals surface area contributed by atoms with Crippen molar-refractivity contribution in [1.29, 1.82) is 0 Å². The van der Waals surface area contributed by atoms with E-state index in [1.165, 1.54) is 83.5 Å². The first kappa shape index (κ1) is 21.2. The first-order chi connectivity index (χ1) is 10.8. The van der Waals surface area contributed by atoms with Gasteiger partial charge < -0.3 is 4.74 Å². The van der Waals surface area contributed by atoms with Gasteiger partial charge in [-0.2, -0.15) is 0 Å². The average molecular weight is 315 g/mol. The lowest BCUT2D eigenvalue weighted by atomic mass is 10.0. The van der Waals surface area contributed by atoms with Crippen molar-refractivity contribution in [3.8, 4) is 0 Å². The number of rotatable bonds is 16. The number of hydrazine groups is 1. The lowest BCUT2D eigenvalue weighted by Gasteiger charge is -2.04. The van der Waals surface area contributed by atoms with Crippen LogP contribution in [0.1, 0.15) is 103 Å². The van der Waals surface area contributed by atoms with Crippen LogP contribution in [0.2, 0.25) is 0 Å². The molecule has 0 spiro atoms. The maximum absolute atomic E-state index is 10.7. The Balaban J connectivity index is 2.98. The fourth-order valence-electron chi connectivity index (χ4n) is 2.68. The minimum Gasteiger partial charge on any atom is -0.449 e. The van der Waals surface area contributed by atoms with Crippen molar-refractivity contribution in [2.45, 2.75) is 103 Å². The Labute approximate surface area is 137 Å². The summed E-state index contributed by atoms with van der Waals surface area (Å²) in [6.45, 7) is 2.75. The van der Waals surface area contributed by atoms with E-state index in [4.69, 9.17) is 10.6 Å². The van der Waals surface area contributed by atoms with Crippen LogP contribution in [0.5, 0.6) is 0 Å². The number of nitrogens with one attached hydrogen (secondary N) is 1. The molecule has 0 aromatic heterocycles. The topological polar surface area (TPSA) is 64.3 Å². The van der Waals surface area contributed by atoms with Crippen LogP contribution >= 0.6 is 0 Å². The summed E-state index contributed by atoms with van der Waals surface area (Å²) in [6.07, 6.45) is 19.5. The third-order valence-corrected chi connectivity index (χ3v) is 4.10. The number of hydrogen-bond donors (Lipinski definition) is 2. The van der Waals surface area contributed by atoms with Gasteiger partial charge in [-0.3, -0.25) is 5.43 Å². The Morgan fingerprint density at radius 2 is 1.09 bits per heavy atom. The Kier molecular flexibility index (Phi) is 17.6. The van der Waals surface area contributed by atoms with Gasteiger partial charge >= 0.3 is 6.09 Å². The number of amides is 1. The van der Waals surface area contributed by atoms with E-state index in [1.54, 1.807) is 0 Å². The van der Waals surface area contributed by atoms with Gasteiger partial charge in [-0.15, -0.1) is 0 Å². The minimum absolute atomic E-state index is 0.474. The highest BCUT2D eigenvalue weighted by Crippen LogP contribution is 2.13. The molecule has 0 saturated carbocycles. The average Bonchev–Trinajstić information content (AvgIpc) is 2.54. The second-order valence-corrected chi connectivity index (χ2v) is 6.23. The normalized spacial score (nSPS) is 10.6. The molecular weight excluding hydrogens is 276 g/mol. The Morgan fingerprint density at radius 3 is 1.45 bits per heavy atom. The molecule has 0 atom stereocenters. The van der Waals surface area contributed by atoms with E-state index in [0.29, 0.717) is 6.61 Å². The minimum atomic E-state index is -0.537. The molecule has 0 aliphatic heterocycles. The smallest absolute Gasteiger partial charge is 0.421 e. The van der Waals surface area contributed by atoms with Gasteiger partial charge in [0.1, 0.15) is 0 Å². The molecule has 0 heterocycles. The number of unbranched alkanes of at least 4 members (excludes halogenated alkanes) is 14. The maximum atomic E-state index is 10.7. The number of hydrogen-bond acceptors (Lipinski definition) is 3. The van der Waals surface area contributed by atoms with E-state index in [-0.39, 0.29) is 0 Å². The van der Waals surface area contributed by atoms with Crippen molar-refractivity contribution in [2.24, 2.45) is 5.84 Å². The van der Waals surface area contributed by atoms with Crippen molar-refractivity contribution in [3.05, 3.63) is 0 Å². The Bertz CT molecular complexity index is 235. The molecule has 0 saturated heterocycles. The van der Waals surface area contributed by atoms with Crippen molar-refractivity contribution in [2.75, 3.05) is 6.61 Å². The first-order valence-electron chi connectivity index (χ1n) is 9.44. The summed E-state index contributed by atoms with van der Waals surface area (Å²) in [4.78, 5) is 10.7. The Morgan fingerprint density at radius 1 is 0.727 bits per heavy atom. The predicted molar refractivity (Wildman–Crippen MR) is 93.6 cm³/mol. The summed E-state index contributed by atoms with van der Waals surface area (Å²) in [5.74, 6) is 4.91. The van der Waals surface area contributed by atoms with E-state index < -0.39 is 6.09 Å². The molecule has 4 heteroatoms. The van der Waals surface area contributed by atoms with E-state index in [0.717, 1.165) is 12.8 Å². The molecule has 3 N–H and O–H groups in total. The van der Waals surface area contributed by atoms with Crippen LogP contribution in [0.25, 0.3) is 0 Å². The molecule has 0 aliphatic rings. The van der Waals surface area contributed by atoms with Gasteiger partial charge in [-0.05, 0) is 6.42 Å². The van der Waals surface area contributed by atoms with Gasteiger partial charge in [0.15, 0.2) is 0 Å². The molecule has 0 bridgehead atoms. The number of nitrogens with two attached hydrogens (primary N) is 1. The van der Waals surface area contributed by atoms with Crippen LogP contribution < -0.4 is 11.3 Å². The number of carbonyl (C=O) groups is 1. The zero-order valence-electron chi connectivity index (χ0n) is 14.7. The highest BCUT2D eigenvalue weighted by Gasteiger charge is 1.97. The summed E-state index contributed by atoms with van der Waals surface area (Å²) in [5, 5.41) is 0. The lowest BCUT2D eigenvalue weighted by Crippen LogP contribution is -2.30. The molecule has 0 aromatic carbocycles. The van der Waals surface area contributed by atoms with Crippen LogP contribution in [-0.2, 0) is 4.74 Å². The molecule has 0 aliphatic carbocycles. The fraction of sp³-hybridized carbons (Fsp3) is 0.944. The SMILES string of the molecule is CCCCCCCCCCCCCCCCCOC(=O)NN. The van der Waals surface area contributed by atoms with E-state index in [2.05, 4.69) is 6.92 Å². The number of carbonyl (C=O) groups excluding carboxylic acids is 1. The van der Waals surface area contributed by atoms with Crippen LogP contribution in [0.15, 0.2) is 0 Å². The molecule has 4 nitrogen and oxygen atoms in total. The van der Waals surface area contributed by atoms with Crippen LogP contribution in [0.4, 0.5) is 4.79 Å². The quantitative estimate of drug-likeness (QED) is 0.172. The molecule has 1 amide bonds. The molecule has 0 unspecified atom stereocenters. The first-order valence-corrected chi connectivity index (χ1v) is 9.44. The lowest BCUT2D eigenvalue weighted by molar-refractivity contribution is 0.144. The Hall–Kier alpha value is -0.770. The summed E-state index contributed by atoms with van der Waals surface area (Å²) in [5.41, 5.74) is 1.96. The third-order valence-electron chi connectivity index (χ3n) is 4.10. The predicted octanol–water partition coefficient (Wildman–Crippen LogP) is 5.46. The molecule has 132 valence electrons. The summed E-state index contributed by atoms with van der Waals surface area (Å²) < 4.78 is 4.83. The van der Waals surface area contributed by atoms with Gasteiger partial charge in [0.25, 0.3) is 0 Å². The molecule has 0 aromatic rings. The molecule has 0 rings (SSSR count). The van der Waals surface area contributed by atoms with Crippen molar-refractivity contribution in [3.63, 3.8) is 0 Å². The molecule has 22 heavy (non-hydrogen) atoms. The molecule has 0 radical (unpaired) electrons. The third kappa shape index (κ3) is 17.3. The van der Waals surface area contributed by atoms with E-state index in [9.17, 15) is 4.79 Å². The van der Waals surface area contributed by atoms with Crippen molar-refractivity contribution < 1.29 is 9.53 Å². The zero-order valence-corrected chi connectivity index (χ0v) is 14.7. The summed E-state index contributed by atoms with van der Waals surface area (Å²) in [7, 11) is 0. The monoisotopic (exact) mass is 314 g/mol. The zero-order chi connectivity index (χ0) is 16.3. The maximum Gasteiger partial charge on any atom is 0.421 e. The van der Waals surface area contributed by atoms with Gasteiger partial charge in [-0.1, -0.05) is 96.8 Å². The second-order valence-electron chi connectivity index (χ2n) is 6.23. The number of ether oxygens (including phenoxy) is 1. The van der Waals surface area contributed by atoms with Crippen molar-refractivity contribution in [1.82, 2.24) is 5.43 Å².